The Labute approximate surface area is 110 Å². The molecule has 3 aliphatic heterocycles. The molecule has 0 amide bonds. The van der Waals surface area contributed by atoms with E-state index in [1.165, 1.54) is 0 Å². The molecular formula is C6H20O5Si6. The van der Waals surface area contributed by atoms with Crippen LogP contribution in [0, 0.1) is 0 Å². The normalized spacial score (nSPS) is 57.2. The summed E-state index contributed by atoms with van der Waals surface area (Å²) in [5, 5.41) is 0. The van der Waals surface area contributed by atoms with Crippen LogP contribution in [0.4, 0.5) is 0 Å². The summed E-state index contributed by atoms with van der Waals surface area (Å²) in [6.07, 6.45) is 0. The molecule has 0 aromatic heterocycles. The maximum atomic E-state index is 6.42. The van der Waals surface area contributed by atoms with Gasteiger partial charge in [-0.15, -0.1) is 0 Å². The molecule has 3 saturated heterocycles. The Bertz CT molecular complexity index is 304. The third kappa shape index (κ3) is 1.92. The summed E-state index contributed by atoms with van der Waals surface area (Å²) in [6, 6.07) is 1.79. The summed E-state index contributed by atoms with van der Waals surface area (Å²) < 4.78 is 31.8. The number of hydrogen-bond donors (Lipinski definition) is 0. The van der Waals surface area contributed by atoms with E-state index in [0.717, 1.165) is 12.1 Å². The average Bonchev–Trinajstić information content (AvgIpc) is 2.73. The van der Waals surface area contributed by atoms with Gasteiger partial charge in [0.2, 0.25) is 0 Å². The smallest absolute Gasteiger partial charge is 0.420 e. The van der Waals surface area contributed by atoms with E-state index in [9.17, 15) is 0 Å². The molecule has 0 aromatic carbocycles. The van der Waals surface area contributed by atoms with Crippen LogP contribution in [0.1, 0.15) is 13.8 Å². The van der Waals surface area contributed by atoms with Crippen molar-refractivity contribution in [3.05, 3.63) is 0 Å². The van der Waals surface area contributed by atoms with Crippen LogP contribution in [-0.2, 0) is 20.6 Å². The highest BCUT2D eigenvalue weighted by molar-refractivity contribution is 7.63. The van der Waals surface area contributed by atoms with E-state index in [1.807, 2.05) is 0 Å². The number of fused-ring (bicyclic) bond motifs is 5. The average molecular weight is 341 g/mol. The molecule has 17 heavy (non-hydrogen) atoms. The molecule has 3 rings (SSSR count). The lowest BCUT2D eigenvalue weighted by Crippen LogP contribution is -2.54. The van der Waals surface area contributed by atoms with Gasteiger partial charge in [0.05, 0.1) is 0 Å². The van der Waals surface area contributed by atoms with Gasteiger partial charge in [-0.3, -0.25) is 0 Å². The predicted octanol–water partition coefficient (Wildman–Crippen LogP) is -0.582. The van der Waals surface area contributed by atoms with Gasteiger partial charge in [0, 0.05) is 12.1 Å². The quantitative estimate of drug-likeness (QED) is 0.629. The summed E-state index contributed by atoms with van der Waals surface area (Å²) >= 11 is 0. The first-order valence-electron chi connectivity index (χ1n) is 6.44. The minimum atomic E-state index is -2.35. The standard InChI is InChI=1S/C6H20O5Si6/c1-5-16-7-12(3)14(9-16)15-10-17(6-2,11-16)8-13(15)4/h12-15H,5-6H2,1-4H3. The summed E-state index contributed by atoms with van der Waals surface area (Å²) in [4.78, 5) is 0. The van der Waals surface area contributed by atoms with Gasteiger partial charge in [-0.1, -0.05) is 13.8 Å². The van der Waals surface area contributed by atoms with E-state index in [0.29, 0.717) is 0 Å². The molecule has 3 aliphatic rings. The zero-order chi connectivity index (χ0) is 12.3. The summed E-state index contributed by atoms with van der Waals surface area (Å²) in [5.41, 5.74) is 0. The molecule has 3 heterocycles. The fourth-order valence-corrected chi connectivity index (χ4v) is 82.8. The van der Waals surface area contributed by atoms with E-state index in [1.54, 1.807) is 0 Å². The van der Waals surface area contributed by atoms with Crippen molar-refractivity contribution < 1.29 is 20.6 Å². The first kappa shape index (κ1) is 13.1. The molecule has 0 spiro atoms. The second-order valence-electron chi connectivity index (χ2n) is 4.99. The molecule has 0 radical (unpaired) electrons. The van der Waals surface area contributed by atoms with Gasteiger partial charge in [-0.25, -0.2) is 0 Å². The van der Waals surface area contributed by atoms with Crippen molar-refractivity contribution in [2.24, 2.45) is 0 Å². The zero-order valence-corrected chi connectivity index (χ0v) is 17.4. The fourth-order valence-electron chi connectivity index (χ4n) is 2.84. The highest BCUT2D eigenvalue weighted by Gasteiger charge is 2.69. The number of rotatable bonds is 2. The molecule has 5 nitrogen and oxygen atoms in total. The summed E-state index contributed by atoms with van der Waals surface area (Å²) in [5.74, 6) is 0. The molecule has 6 atom stereocenters. The van der Waals surface area contributed by atoms with E-state index >= 15 is 0 Å². The second-order valence-corrected chi connectivity index (χ2v) is 36.5. The molecule has 3 fully saturated rings. The van der Waals surface area contributed by atoms with Gasteiger partial charge in [0.15, 0.2) is 33.3 Å². The molecule has 0 N–H and O–H groups in total. The van der Waals surface area contributed by atoms with Crippen LogP contribution in [0.2, 0.25) is 25.2 Å². The van der Waals surface area contributed by atoms with Crippen LogP contribution in [-0.4, -0.2) is 50.9 Å². The highest BCUT2D eigenvalue weighted by atomic mass is 29.8. The number of hydrogen-bond acceptors (Lipinski definition) is 5. The molecule has 11 heteroatoms. The Hall–Kier alpha value is 1.10. The van der Waals surface area contributed by atoms with Gasteiger partial charge in [0.1, 0.15) is 0 Å². The van der Waals surface area contributed by atoms with Crippen molar-refractivity contribution in [3.8, 4) is 0 Å². The fraction of sp³-hybridized carbons (Fsp3) is 1.00. The van der Waals surface area contributed by atoms with Gasteiger partial charge in [-0.2, -0.15) is 0 Å². The third-order valence-electron chi connectivity index (χ3n) is 3.79. The minimum absolute atomic E-state index is 0.895. The monoisotopic (exact) mass is 340 g/mol. The van der Waals surface area contributed by atoms with Crippen molar-refractivity contribution >= 4 is 50.9 Å². The lowest BCUT2D eigenvalue weighted by molar-refractivity contribution is 0.215. The zero-order valence-electron chi connectivity index (χ0n) is 10.8. The van der Waals surface area contributed by atoms with Crippen molar-refractivity contribution in [1.29, 1.82) is 0 Å². The van der Waals surface area contributed by atoms with E-state index < -0.39 is 50.9 Å². The third-order valence-corrected chi connectivity index (χ3v) is 56.8. The molecule has 6 unspecified atom stereocenters. The largest absolute Gasteiger partial charge is 0.471 e. The SMILES string of the molecule is CC[Si]12O[SiH](C)[SiH](O1)[SiH]1O[Si](CC)(O[SiH]1C)O2. The lowest BCUT2D eigenvalue weighted by Gasteiger charge is -2.32. The highest BCUT2D eigenvalue weighted by Crippen LogP contribution is 2.40. The van der Waals surface area contributed by atoms with E-state index in [2.05, 4.69) is 26.9 Å². The first-order chi connectivity index (χ1) is 8.03. The maximum absolute atomic E-state index is 6.42. The Morgan fingerprint density at radius 2 is 1.18 bits per heavy atom. The summed E-state index contributed by atoms with van der Waals surface area (Å²) in [7, 11) is -9.38. The Morgan fingerprint density at radius 1 is 0.765 bits per heavy atom. The van der Waals surface area contributed by atoms with Gasteiger partial charge < -0.3 is 20.6 Å². The lowest BCUT2D eigenvalue weighted by atomic mass is 11.0. The van der Waals surface area contributed by atoms with Crippen molar-refractivity contribution in [3.63, 3.8) is 0 Å². The minimum Gasteiger partial charge on any atom is -0.420 e. The van der Waals surface area contributed by atoms with E-state index in [-0.39, 0.29) is 0 Å². The van der Waals surface area contributed by atoms with Gasteiger partial charge in [-0.05, 0) is 13.1 Å². The molecular weight excluding hydrogens is 321 g/mol. The van der Waals surface area contributed by atoms with Gasteiger partial charge in [0.25, 0.3) is 0 Å². The van der Waals surface area contributed by atoms with Crippen molar-refractivity contribution in [1.82, 2.24) is 0 Å². The van der Waals surface area contributed by atoms with Crippen LogP contribution in [0.3, 0.4) is 0 Å². The summed E-state index contributed by atoms with van der Waals surface area (Å²) in [6.45, 7) is 8.84. The van der Waals surface area contributed by atoms with Crippen LogP contribution in [0.5, 0.6) is 0 Å². The molecule has 98 valence electrons. The molecule has 0 aliphatic carbocycles. The molecule has 0 aromatic rings. The second kappa shape index (κ2) is 4.30. The molecule has 0 saturated carbocycles. The van der Waals surface area contributed by atoms with Crippen LogP contribution < -0.4 is 0 Å². The van der Waals surface area contributed by atoms with Gasteiger partial charge >= 0.3 is 17.6 Å². The maximum Gasteiger partial charge on any atom is 0.471 e. The van der Waals surface area contributed by atoms with Crippen molar-refractivity contribution in [2.45, 2.75) is 39.0 Å². The van der Waals surface area contributed by atoms with Crippen LogP contribution >= 0.6 is 0 Å². The Morgan fingerprint density at radius 3 is 1.53 bits per heavy atom. The Kier molecular flexibility index (Phi) is 3.32. The van der Waals surface area contributed by atoms with Crippen LogP contribution in [0.25, 0.3) is 0 Å². The predicted molar refractivity (Wildman–Crippen MR) is 78.2 cm³/mol. The van der Waals surface area contributed by atoms with Crippen molar-refractivity contribution in [2.75, 3.05) is 0 Å². The topological polar surface area (TPSA) is 46.2 Å². The molecule has 4 bridgehead atoms. The van der Waals surface area contributed by atoms with Crippen LogP contribution in [0.15, 0.2) is 0 Å². The Balaban J connectivity index is 1.97. The van der Waals surface area contributed by atoms with E-state index in [4.69, 9.17) is 20.6 Å². The first-order valence-corrected chi connectivity index (χ1v) is 22.5.